The Bertz CT molecular complexity index is 247. The van der Waals surface area contributed by atoms with Gasteiger partial charge in [-0.2, -0.15) is 0 Å². The van der Waals surface area contributed by atoms with E-state index in [2.05, 4.69) is 36.5 Å². The van der Waals surface area contributed by atoms with Gasteiger partial charge in [0.2, 0.25) is 0 Å². The Hall–Kier alpha value is 0.634. The van der Waals surface area contributed by atoms with Gasteiger partial charge in [0.1, 0.15) is 0 Å². The first-order chi connectivity index (χ1) is 5.45. The Morgan fingerprint density at radius 1 is 0.846 bits per heavy atom. The summed E-state index contributed by atoms with van der Waals surface area (Å²) in [6.45, 7) is 0. The van der Waals surface area contributed by atoms with Gasteiger partial charge in [0.25, 0.3) is 0 Å². The molecule has 2 rings (SSSR count). The van der Waals surface area contributed by atoms with Crippen LogP contribution in [0.4, 0.5) is 0 Å². The Kier molecular flexibility index (Phi) is 7.34. The average molecular weight is 340 g/mol. The van der Waals surface area contributed by atoms with Crippen LogP contribution in [0.1, 0.15) is 12.8 Å². The normalized spacial score (nSPS) is 17.2. The first-order valence-corrected chi connectivity index (χ1v) is 5.50. The first-order valence-electron chi connectivity index (χ1n) is 3.93. The van der Waals surface area contributed by atoms with Gasteiger partial charge in [-0.1, -0.05) is 0 Å². The monoisotopic (exact) mass is 338 g/mol. The predicted octanol–water partition coefficient (Wildman–Crippen LogP) is 3.91. The summed E-state index contributed by atoms with van der Waals surface area (Å²) in [5, 5.41) is 0. The molecule has 2 aliphatic rings. The maximum atomic E-state index is 2.29. The Labute approximate surface area is 109 Å². The molecule has 0 heterocycles. The number of rotatable bonds is 2. The molecule has 0 saturated carbocycles. The van der Waals surface area contributed by atoms with Crippen molar-refractivity contribution in [2.75, 3.05) is 0 Å². The molecule has 70 valence electrons. The van der Waals surface area contributed by atoms with Crippen LogP contribution < -0.4 is 0 Å². The van der Waals surface area contributed by atoms with E-state index in [-0.39, 0.29) is 53.1 Å². The fourth-order valence-corrected chi connectivity index (χ4v) is 3.18. The zero-order valence-corrected chi connectivity index (χ0v) is 12.2. The van der Waals surface area contributed by atoms with Crippen LogP contribution in [0.5, 0.6) is 0 Å². The molecular weight excluding hydrogens is 328 g/mol. The van der Waals surface area contributed by atoms with Crippen LogP contribution in [-0.2, 0) is 19.2 Å². The van der Waals surface area contributed by atoms with Crippen LogP contribution in [0.3, 0.4) is 0 Å². The van der Waals surface area contributed by atoms with E-state index in [9.17, 15) is 0 Å². The van der Waals surface area contributed by atoms with E-state index >= 15 is 0 Å². The molecule has 0 amide bonds. The van der Waals surface area contributed by atoms with Crippen LogP contribution in [0.2, 0.25) is 0 Å². The van der Waals surface area contributed by atoms with Crippen LogP contribution in [-0.4, -0.2) is 0 Å². The summed E-state index contributed by atoms with van der Waals surface area (Å²) in [7, 11) is 0. The van der Waals surface area contributed by atoms with Gasteiger partial charge >= 0.3 is 76.2 Å². The molecule has 0 aromatic carbocycles. The minimum atomic E-state index is 0. The van der Waals surface area contributed by atoms with Crippen LogP contribution in [0, 0.1) is 0 Å². The Morgan fingerprint density at radius 2 is 1.31 bits per heavy atom. The molecule has 0 aromatic heterocycles. The van der Waals surface area contributed by atoms with E-state index in [4.69, 9.17) is 0 Å². The fraction of sp³-hybridized carbons (Fsp3) is 0.200. The summed E-state index contributed by atoms with van der Waals surface area (Å²) >= 11 is 0.0833. The van der Waals surface area contributed by atoms with Crippen molar-refractivity contribution in [3.63, 3.8) is 0 Å². The first kappa shape index (κ1) is 13.6. The minimum absolute atomic E-state index is 0. The zero-order valence-electron chi connectivity index (χ0n) is 7.19. The number of halogens is 2. The molecule has 0 radical (unpaired) electrons. The molecule has 0 atom stereocenters. The Morgan fingerprint density at radius 3 is 1.62 bits per heavy atom. The van der Waals surface area contributed by atoms with E-state index in [0.29, 0.717) is 0 Å². The van der Waals surface area contributed by atoms with Crippen LogP contribution in [0.25, 0.3) is 0 Å². The summed E-state index contributed by atoms with van der Waals surface area (Å²) in [6, 6.07) is 0. The van der Waals surface area contributed by atoms with Crippen molar-refractivity contribution in [2.45, 2.75) is 12.8 Å². The maximum absolute atomic E-state index is 2.29. The van der Waals surface area contributed by atoms with Crippen molar-refractivity contribution in [3.05, 3.63) is 44.2 Å². The van der Waals surface area contributed by atoms with Crippen molar-refractivity contribution in [1.82, 2.24) is 0 Å². The summed E-state index contributed by atoms with van der Waals surface area (Å²) < 4.78 is 3.36. The van der Waals surface area contributed by atoms with Crippen molar-refractivity contribution in [2.24, 2.45) is 0 Å². The second-order valence-corrected chi connectivity index (χ2v) is 5.17. The SMILES string of the molecule is Br.Br.C1=CC[C]([Ti][C]2=CC=CC2)=C1. The van der Waals surface area contributed by atoms with E-state index in [1.54, 1.807) is 7.76 Å². The topological polar surface area (TPSA) is 0 Å². The van der Waals surface area contributed by atoms with Gasteiger partial charge in [-0.05, 0) is 0 Å². The summed E-state index contributed by atoms with van der Waals surface area (Å²) in [5.41, 5.74) is 0. The second kappa shape index (κ2) is 7.00. The molecule has 3 heteroatoms. The van der Waals surface area contributed by atoms with Gasteiger partial charge in [0.05, 0.1) is 0 Å². The predicted molar refractivity (Wildman–Crippen MR) is 64.3 cm³/mol. The molecule has 0 nitrogen and oxygen atoms in total. The van der Waals surface area contributed by atoms with Crippen molar-refractivity contribution >= 4 is 34.0 Å². The quantitative estimate of drug-likeness (QED) is 0.669. The molecular formula is C10H12Br2Ti. The van der Waals surface area contributed by atoms with Gasteiger partial charge in [0.15, 0.2) is 0 Å². The third kappa shape index (κ3) is 4.11. The van der Waals surface area contributed by atoms with Crippen molar-refractivity contribution < 1.29 is 19.2 Å². The molecule has 0 N–H and O–H groups in total. The number of hydrogen-bond acceptors (Lipinski definition) is 0. The van der Waals surface area contributed by atoms with E-state index in [1.165, 1.54) is 12.8 Å². The zero-order chi connectivity index (χ0) is 7.52. The summed E-state index contributed by atoms with van der Waals surface area (Å²) in [6.07, 6.45) is 15.9. The van der Waals surface area contributed by atoms with E-state index < -0.39 is 0 Å². The van der Waals surface area contributed by atoms with E-state index in [1.807, 2.05) is 0 Å². The molecule has 0 bridgehead atoms. The van der Waals surface area contributed by atoms with Gasteiger partial charge in [-0.15, -0.1) is 34.0 Å². The van der Waals surface area contributed by atoms with Crippen LogP contribution >= 0.6 is 34.0 Å². The van der Waals surface area contributed by atoms with Crippen molar-refractivity contribution in [1.29, 1.82) is 0 Å². The fourth-order valence-electron chi connectivity index (χ4n) is 1.29. The summed E-state index contributed by atoms with van der Waals surface area (Å²) in [5.74, 6) is 0. The second-order valence-electron chi connectivity index (χ2n) is 2.77. The molecule has 0 saturated heterocycles. The van der Waals surface area contributed by atoms with Gasteiger partial charge in [-0.25, -0.2) is 0 Å². The van der Waals surface area contributed by atoms with Gasteiger partial charge in [0, 0.05) is 0 Å². The standard InChI is InChI=1S/2C5H5.2BrH.Ti/c2*1-2-4-5-3-1;;;/h2*1-3H,4H2;2*1H;. The number of hydrogen-bond donors (Lipinski definition) is 0. The molecule has 0 fully saturated rings. The third-order valence-corrected chi connectivity index (χ3v) is 4.02. The van der Waals surface area contributed by atoms with Gasteiger partial charge in [-0.3, -0.25) is 0 Å². The molecule has 2 aliphatic carbocycles. The Balaban J connectivity index is 0.000000720. The molecule has 0 aromatic rings. The molecule has 0 spiro atoms. The summed E-state index contributed by atoms with van der Waals surface area (Å²) in [4.78, 5) is 0. The molecule has 13 heavy (non-hydrogen) atoms. The van der Waals surface area contributed by atoms with Crippen molar-refractivity contribution in [3.8, 4) is 0 Å². The van der Waals surface area contributed by atoms with E-state index in [0.717, 1.165) is 0 Å². The van der Waals surface area contributed by atoms with Crippen LogP contribution in [0.15, 0.2) is 44.2 Å². The molecule has 0 aliphatic heterocycles. The number of allylic oxidation sites excluding steroid dienone is 8. The third-order valence-electron chi connectivity index (χ3n) is 1.86. The van der Waals surface area contributed by atoms with Gasteiger partial charge < -0.3 is 0 Å². The molecule has 0 unspecified atom stereocenters. The average Bonchev–Trinajstić information content (AvgIpc) is 2.60.